The normalized spacial score (nSPS) is 12.0. The van der Waals surface area contributed by atoms with Crippen molar-refractivity contribution in [3.05, 3.63) is 61.1 Å². The largest absolute Gasteiger partial charge is 0.369 e. The average Bonchev–Trinajstić information content (AvgIpc) is 3.61. The first-order valence-corrected chi connectivity index (χ1v) is 12.5. The van der Waals surface area contributed by atoms with Crippen LogP contribution < -0.4 is 0 Å². The monoisotopic (exact) mass is 495 g/mol. The van der Waals surface area contributed by atoms with Crippen LogP contribution in [0.25, 0.3) is 53.6 Å². The molecule has 0 aliphatic carbocycles. The minimum Gasteiger partial charge on any atom is -0.369 e. The van der Waals surface area contributed by atoms with Gasteiger partial charge in [-0.3, -0.25) is 0 Å². The molecule has 6 aromatic rings. The second-order valence-corrected chi connectivity index (χ2v) is 9.80. The Labute approximate surface area is 211 Å². The summed E-state index contributed by atoms with van der Waals surface area (Å²) in [5, 5.41) is 6.93. The first kappa shape index (κ1) is 22.4. The van der Waals surface area contributed by atoms with Crippen LogP contribution >= 0.6 is 11.3 Å². The molecule has 0 saturated heterocycles. The van der Waals surface area contributed by atoms with Gasteiger partial charge in [0.25, 0.3) is 5.95 Å². The van der Waals surface area contributed by atoms with Gasteiger partial charge in [0.05, 0.1) is 29.8 Å². The molecule has 180 valence electrons. The lowest BCUT2D eigenvalue weighted by Crippen LogP contribution is -2.07. The zero-order chi connectivity index (χ0) is 24.6. The molecule has 0 amide bonds. The lowest BCUT2D eigenvalue weighted by Gasteiger charge is -2.10. The first-order chi connectivity index (χ1) is 17.6. The number of aromatic nitrogens is 5. The van der Waals surface area contributed by atoms with Crippen LogP contribution in [0.15, 0.2) is 66.0 Å². The summed E-state index contributed by atoms with van der Waals surface area (Å²) >= 11 is 1.78. The van der Waals surface area contributed by atoms with E-state index in [-0.39, 0.29) is 0 Å². The molecule has 0 aliphatic heterocycles. The zero-order valence-electron chi connectivity index (χ0n) is 20.3. The van der Waals surface area contributed by atoms with Gasteiger partial charge in [-0.15, -0.1) is 11.3 Å². The highest BCUT2D eigenvalue weighted by Gasteiger charge is 2.17. The summed E-state index contributed by atoms with van der Waals surface area (Å²) in [6.45, 7) is 3.03. The number of rotatable bonds is 7. The Morgan fingerprint density at radius 2 is 2.00 bits per heavy atom. The zero-order valence-corrected chi connectivity index (χ0v) is 21.1. The van der Waals surface area contributed by atoms with Crippen molar-refractivity contribution in [1.29, 1.82) is 0 Å². The number of fused-ring (bicyclic) bond motifs is 3. The highest BCUT2D eigenvalue weighted by Crippen LogP contribution is 2.40. The molecule has 0 spiro atoms. The number of thiophene rings is 1. The first-order valence-electron chi connectivity index (χ1n) is 11.7. The van der Waals surface area contributed by atoms with Crippen molar-refractivity contribution in [3.8, 4) is 21.6 Å². The van der Waals surface area contributed by atoms with Gasteiger partial charge in [-0.2, -0.15) is 5.10 Å². The molecular formula is C27H25N7OS. The molecule has 9 heteroatoms. The number of aromatic amines is 1. The molecule has 0 fully saturated rings. The molecule has 4 aromatic heterocycles. The topological polar surface area (TPSA) is 84.2 Å². The highest BCUT2D eigenvalue weighted by atomic mass is 32.1. The van der Waals surface area contributed by atoms with Gasteiger partial charge >= 0.3 is 0 Å². The smallest absolute Gasteiger partial charge is 0.251 e. The number of ether oxygens (including phenoxy) is 1. The molecule has 2 aromatic carbocycles. The van der Waals surface area contributed by atoms with E-state index in [2.05, 4.69) is 62.5 Å². The molecule has 4 heterocycles. The van der Waals surface area contributed by atoms with Crippen molar-refractivity contribution in [1.82, 2.24) is 29.6 Å². The van der Waals surface area contributed by atoms with Gasteiger partial charge in [0.15, 0.2) is 0 Å². The fourth-order valence-electron chi connectivity index (χ4n) is 4.32. The van der Waals surface area contributed by atoms with E-state index in [0.29, 0.717) is 19.3 Å². The molecule has 0 unspecified atom stereocenters. The molecule has 0 atom stereocenters. The quantitative estimate of drug-likeness (QED) is 0.215. The van der Waals surface area contributed by atoms with Gasteiger partial charge in [-0.05, 0) is 42.1 Å². The van der Waals surface area contributed by atoms with E-state index in [0.717, 1.165) is 38.6 Å². The maximum absolute atomic E-state index is 5.71. The molecule has 0 saturated carbocycles. The lowest BCUT2D eigenvalue weighted by molar-refractivity contribution is 0.0823. The maximum atomic E-state index is 5.71. The maximum Gasteiger partial charge on any atom is 0.251 e. The minimum atomic E-state index is 0.408. The van der Waals surface area contributed by atoms with Crippen LogP contribution in [0.3, 0.4) is 0 Å². The number of H-pyrrole nitrogens is 1. The molecule has 1 N–H and O–H groups in total. The van der Waals surface area contributed by atoms with Crippen LogP contribution in [0, 0.1) is 0 Å². The summed E-state index contributed by atoms with van der Waals surface area (Å²) in [4.78, 5) is 19.8. The number of hydrogen-bond donors (Lipinski definition) is 1. The number of hydrogen-bond acceptors (Lipinski definition) is 6. The Bertz CT molecular complexity index is 1690. The second kappa shape index (κ2) is 9.18. The van der Waals surface area contributed by atoms with Gasteiger partial charge in [0, 0.05) is 53.0 Å². The third-order valence-electron chi connectivity index (χ3n) is 5.96. The summed E-state index contributed by atoms with van der Waals surface area (Å²) in [6, 6.07) is 15.1. The van der Waals surface area contributed by atoms with Crippen LogP contribution in [0.5, 0.6) is 0 Å². The van der Waals surface area contributed by atoms with Crippen LogP contribution in [0.1, 0.15) is 6.92 Å². The molecular weight excluding hydrogens is 470 g/mol. The lowest BCUT2D eigenvalue weighted by atomic mass is 10.0. The van der Waals surface area contributed by atoms with Crippen LogP contribution in [0.2, 0.25) is 0 Å². The van der Waals surface area contributed by atoms with Crippen molar-refractivity contribution in [2.75, 3.05) is 20.7 Å². The van der Waals surface area contributed by atoms with Crippen molar-refractivity contribution in [2.45, 2.75) is 13.7 Å². The van der Waals surface area contributed by atoms with E-state index >= 15 is 0 Å². The second-order valence-electron chi connectivity index (χ2n) is 8.72. The molecule has 8 nitrogen and oxygen atoms in total. The fourth-order valence-corrected chi connectivity index (χ4v) is 5.40. The highest BCUT2D eigenvalue weighted by molar-refractivity contribution is 7.22. The SMILES string of the molecule is CCOCn1ncc2cc(-c3c[nH]c4cnc(/N=C/N(C)C)nc34)cc(-c3cc4ccccc4s3)c21. The molecule has 36 heavy (non-hydrogen) atoms. The Balaban J connectivity index is 1.55. The average molecular weight is 496 g/mol. The Kier molecular flexibility index (Phi) is 5.71. The summed E-state index contributed by atoms with van der Waals surface area (Å²) in [6.07, 6.45) is 7.37. The summed E-state index contributed by atoms with van der Waals surface area (Å²) in [5.41, 5.74) is 5.93. The van der Waals surface area contributed by atoms with E-state index in [4.69, 9.17) is 9.72 Å². The predicted octanol–water partition coefficient (Wildman–Crippen LogP) is 6.07. The van der Waals surface area contributed by atoms with E-state index in [1.807, 2.05) is 43.0 Å². The van der Waals surface area contributed by atoms with E-state index in [9.17, 15) is 0 Å². The van der Waals surface area contributed by atoms with Gasteiger partial charge in [-0.25, -0.2) is 19.6 Å². The van der Waals surface area contributed by atoms with Crippen molar-refractivity contribution in [2.24, 2.45) is 4.99 Å². The molecule has 0 bridgehead atoms. The van der Waals surface area contributed by atoms with Crippen molar-refractivity contribution < 1.29 is 4.74 Å². The van der Waals surface area contributed by atoms with E-state index in [1.54, 1.807) is 23.9 Å². The van der Waals surface area contributed by atoms with Crippen LogP contribution in [-0.4, -0.2) is 56.7 Å². The van der Waals surface area contributed by atoms with Gasteiger partial charge in [0.1, 0.15) is 12.2 Å². The standard InChI is InChI=1S/C27H25N7OS/c1-4-35-16-34-26-19(12-31-34)9-18(10-20(26)24-11-17-7-5-6-8-23(17)36-24)21-13-28-22-14-29-27(32-25(21)22)30-15-33(2)3/h5-15,28H,4,16H2,1-3H3/b30-15+. The summed E-state index contributed by atoms with van der Waals surface area (Å²) in [5.74, 6) is 0.424. The van der Waals surface area contributed by atoms with Gasteiger partial charge in [-0.1, -0.05) is 18.2 Å². The number of nitrogens with one attached hydrogen (secondary N) is 1. The third-order valence-corrected chi connectivity index (χ3v) is 7.11. The fraction of sp³-hybridized carbons (Fsp3) is 0.185. The van der Waals surface area contributed by atoms with Gasteiger partial charge in [0.2, 0.25) is 0 Å². The summed E-state index contributed by atoms with van der Waals surface area (Å²) < 4.78 is 8.91. The predicted molar refractivity (Wildman–Crippen MR) is 147 cm³/mol. The number of benzene rings is 2. The van der Waals surface area contributed by atoms with Crippen LogP contribution in [-0.2, 0) is 11.5 Å². The third kappa shape index (κ3) is 4.02. The summed E-state index contributed by atoms with van der Waals surface area (Å²) in [7, 11) is 3.83. The Hall–Kier alpha value is -4.08. The Morgan fingerprint density at radius 1 is 1.11 bits per heavy atom. The van der Waals surface area contributed by atoms with E-state index < -0.39 is 0 Å². The van der Waals surface area contributed by atoms with Crippen molar-refractivity contribution in [3.63, 3.8) is 0 Å². The molecule has 0 radical (unpaired) electrons. The molecule has 0 aliphatic rings. The minimum absolute atomic E-state index is 0.408. The number of aliphatic imine (C=N–C) groups is 1. The number of nitrogens with zero attached hydrogens (tertiary/aromatic N) is 6. The Morgan fingerprint density at radius 3 is 2.83 bits per heavy atom. The van der Waals surface area contributed by atoms with Crippen molar-refractivity contribution >= 4 is 55.6 Å². The molecule has 6 rings (SSSR count). The van der Waals surface area contributed by atoms with Crippen LogP contribution in [0.4, 0.5) is 5.95 Å². The van der Waals surface area contributed by atoms with Gasteiger partial charge < -0.3 is 14.6 Å². The van der Waals surface area contributed by atoms with E-state index in [1.165, 1.54) is 15.0 Å².